The van der Waals surface area contributed by atoms with Gasteiger partial charge in [0.15, 0.2) is 29.0 Å². The fourth-order valence-corrected chi connectivity index (χ4v) is 7.94. The number of nitrogens with zero attached hydrogens (tertiary/aromatic N) is 11. The van der Waals surface area contributed by atoms with Crippen LogP contribution in [0, 0.1) is 32.5 Å². The maximum absolute atomic E-state index is 10.9. The minimum atomic E-state index is -3.79. The van der Waals surface area contributed by atoms with Gasteiger partial charge in [0.05, 0.1) is 11.9 Å². The maximum Gasteiger partial charge on any atom is 0.326 e. The van der Waals surface area contributed by atoms with Crippen LogP contribution in [0.4, 0.5) is 0 Å². The average molecular weight is 965 g/mol. The standard InChI is InChI=1S/2C9H16N4O.C7H14O.C6H12N4.C6H14O2S.C5H13O3P.CH4/c1-7(14)6-13-8(10-11-12-13)5-9(2,3)4;1-7(14)6-13-11-8(10-12-13)5-9(2,3)4;1-6(8)5-7(2,3)4;1-6(2,3)4-5-7-9-10-8-5;1-6(2,3)5-9(4,7)8;1-5(2,3)4-9(6,7)8;/h2*5-6H2,1-4H3;5H2,1-4H3;4H2,1-3H3,(H,7,8,9,10);5H2,1-4H3;4H2,1-3H3,(H2,6,7,8);1H4. The molecule has 0 saturated heterocycles. The molecule has 3 rings (SSSR count). The lowest BCUT2D eigenvalue weighted by atomic mass is 9.91. The van der Waals surface area contributed by atoms with E-state index in [1.165, 1.54) is 24.9 Å². The number of tetrazole rings is 3. The van der Waals surface area contributed by atoms with E-state index in [1.807, 2.05) is 20.8 Å². The van der Waals surface area contributed by atoms with Gasteiger partial charge in [-0.1, -0.05) is 137 Å². The second-order valence-corrected chi connectivity index (χ2v) is 27.2. The molecular weight excluding hydrogens is 876 g/mol. The van der Waals surface area contributed by atoms with Crippen LogP contribution < -0.4 is 0 Å². The van der Waals surface area contributed by atoms with E-state index in [1.54, 1.807) is 32.4 Å². The van der Waals surface area contributed by atoms with E-state index in [0.717, 1.165) is 30.9 Å². The van der Waals surface area contributed by atoms with Gasteiger partial charge < -0.3 is 14.6 Å². The molecule has 3 heterocycles. The highest BCUT2D eigenvalue weighted by atomic mass is 32.2. The van der Waals surface area contributed by atoms with Crippen molar-refractivity contribution in [2.75, 3.05) is 18.2 Å². The van der Waals surface area contributed by atoms with Crippen LogP contribution in [-0.2, 0) is 61.1 Å². The zero-order valence-electron chi connectivity index (χ0n) is 43.3. The molecule has 0 spiro atoms. The maximum atomic E-state index is 10.9. The van der Waals surface area contributed by atoms with Gasteiger partial charge in [0.1, 0.15) is 28.7 Å². The Hall–Kier alpha value is -3.68. The number of H-pyrrole nitrogens is 1. The van der Waals surface area contributed by atoms with Crippen LogP contribution >= 0.6 is 7.60 Å². The van der Waals surface area contributed by atoms with Crippen molar-refractivity contribution in [2.24, 2.45) is 32.5 Å². The number of aromatic nitrogens is 12. The minimum Gasteiger partial charge on any atom is -0.324 e. The predicted octanol–water partition coefficient (Wildman–Crippen LogP) is 7.42. The van der Waals surface area contributed by atoms with E-state index < -0.39 is 17.4 Å². The van der Waals surface area contributed by atoms with Crippen LogP contribution in [0.5, 0.6) is 0 Å². The number of carbonyl (C=O) groups is 3. The number of carbonyl (C=O) groups excluding carboxylic acids is 3. The molecule has 0 atom stereocenters. The summed E-state index contributed by atoms with van der Waals surface area (Å²) in [5.41, 5.74) is 0.301. The Morgan fingerprint density at radius 2 is 1.08 bits per heavy atom. The number of sulfone groups is 1. The summed E-state index contributed by atoms with van der Waals surface area (Å²) in [5, 5.41) is 36.6. The number of hydrogen-bond acceptors (Lipinski definition) is 15. The van der Waals surface area contributed by atoms with Crippen molar-refractivity contribution in [3.63, 3.8) is 0 Å². The molecule has 380 valence electrons. The summed E-state index contributed by atoms with van der Waals surface area (Å²) in [6.07, 6.45) is 4.31. The summed E-state index contributed by atoms with van der Waals surface area (Å²) in [5.74, 6) is 2.88. The van der Waals surface area contributed by atoms with Gasteiger partial charge in [0.25, 0.3) is 0 Å². The van der Waals surface area contributed by atoms with E-state index in [4.69, 9.17) is 9.79 Å². The lowest BCUT2D eigenvalue weighted by Gasteiger charge is -2.17. The fraction of sp³-hybridized carbons (Fsp3) is 0.860. The molecule has 0 fully saturated rings. The van der Waals surface area contributed by atoms with E-state index in [2.05, 4.69) is 135 Å². The molecule has 3 aromatic heterocycles. The van der Waals surface area contributed by atoms with Gasteiger partial charge in [-0.3, -0.25) is 14.2 Å². The van der Waals surface area contributed by atoms with Gasteiger partial charge >= 0.3 is 7.60 Å². The largest absolute Gasteiger partial charge is 0.326 e. The summed E-state index contributed by atoms with van der Waals surface area (Å²) >= 11 is 0. The molecule has 0 aliphatic heterocycles. The first-order chi connectivity index (χ1) is 28.2. The molecule has 3 N–H and O–H groups in total. The number of Topliss-reactive ketones (excluding diaryl/α,β-unsaturated/α-hetero) is 3. The van der Waals surface area contributed by atoms with E-state index in [0.29, 0.717) is 12.2 Å². The highest BCUT2D eigenvalue weighted by molar-refractivity contribution is 7.90. The number of ketones is 3. The zero-order chi connectivity index (χ0) is 51.3. The quantitative estimate of drug-likeness (QED) is 0.167. The normalized spacial score (nSPS) is 12.1. The van der Waals surface area contributed by atoms with Crippen LogP contribution in [0.1, 0.15) is 177 Å². The Morgan fingerprint density at radius 3 is 1.35 bits per heavy atom. The second-order valence-electron chi connectivity index (χ2n) is 23.4. The smallest absolute Gasteiger partial charge is 0.324 e. The minimum absolute atomic E-state index is 0. The topological polar surface area (TPSA) is 285 Å². The molecular formula is C43H89N12O8PS. The molecule has 0 saturated carbocycles. The molecule has 3 aromatic rings. The van der Waals surface area contributed by atoms with E-state index in [9.17, 15) is 27.4 Å². The molecule has 20 nitrogen and oxygen atoms in total. The third kappa shape index (κ3) is 52.8. The molecule has 22 heteroatoms. The third-order valence-corrected chi connectivity index (χ3v) is 9.20. The highest BCUT2D eigenvalue weighted by Crippen LogP contribution is 2.41. The van der Waals surface area contributed by atoms with E-state index >= 15 is 0 Å². The first kappa shape index (κ1) is 67.9. The van der Waals surface area contributed by atoms with Gasteiger partial charge in [0, 0.05) is 31.9 Å². The molecule has 0 radical (unpaired) electrons. The van der Waals surface area contributed by atoms with Crippen molar-refractivity contribution in [1.29, 1.82) is 0 Å². The molecule has 65 heavy (non-hydrogen) atoms. The lowest BCUT2D eigenvalue weighted by molar-refractivity contribution is -0.119. The summed E-state index contributed by atoms with van der Waals surface area (Å²) in [6, 6.07) is 0. The summed E-state index contributed by atoms with van der Waals surface area (Å²) < 4.78 is 33.2. The molecule has 0 aliphatic carbocycles. The molecule has 0 aliphatic rings. The van der Waals surface area contributed by atoms with Crippen molar-refractivity contribution in [2.45, 2.75) is 192 Å². The number of aromatic amines is 1. The molecule has 0 amide bonds. The van der Waals surface area contributed by atoms with Crippen molar-refractivity contribution < 1.29 is 37.2 Å². The first-order valence-electron chi connectivity index (χ1n) is 21.1. The van der Waals surface area contributed by atoms with Crippen LogP contribution in [-0.4, -0.2) is 115 Å². The number of nitrogens with one attached hydrogen (secondary N) is 1. The van der Waals surface area contributed by atoms with Crippen molar-refractivity contribution >= 4 is 34.8 Å². The Kier molecular flexibility index (Phi) is 29.8. The Morgan fingerprint density at radius 1 is 0.615 bits per heavy atom. The van der Waals surface area contributed by atoms with E-state index in [-0.39, 0.29) is 82.3 Å². The van der Waals surface area contributed by atoms with Crippen LogP contribution in [0.25, 0.3) is 0 Å². The zero-order valence-corrected chi connectivity index (χ0v) is 45.0. The number of hydrogen-bond donors (Lipinski definition) is 3. The Bertz CT molecular complexity index is 1950. The van der Waals surface area contributed by atoms with Gasteiger partial charge in [-0.15, -0.1) is 25.5 Å². The second kappa shape index (κ2) is 28.5. The Labute approximate surface area is 391 Å². The van der Waals surface area contributed by atoms with Crippen molar-refractivity contribution in [1.82, 2.24) is 61.0 Å². The van der Waals surface area contributed by atoms with Crippen molar-refractivity contribution in [3.8, 4) is 0 Å². The summed E-state index contributed by atoms with van der Waals surface area (Å²) in [6.45, 7) is 41.5. The van der Waals surface area contributed by atoms with Crippen molar-refractivity contribution in [3.05, 3.63) is 17.5 Å². The van der Waals surface area contributed by atoms with Gasteiger partial charge in [0.2, 0.25) is 0 Å². The molecule has 0 unspecified atom stereocenters. The summed E-state index contributed by atoms with van der Waals surface area (Å²) in [7, 11) is -6.57. The predicted molar refractivity (Wildman–Crippen MR) is 258 cm³/mol. The average Bonchev–Trinajstić information content (AvgIpc) is 3.70. The highest BCUT2D eigenvalue weighted by Gasteiger charge is 2.23. The molecule has 0 bridgehead atoms. The van der Waals surface area contributed by atoms with Gasteiger partial charge in [-0.25, -0.2) is 13.1 Å². The lowest BCUT2D eigenvalue weighted by Crippen LogP contribution is -2.19. The summed E-state index contributed by atoms with van der Waals surface area (Å²) in [4.78, 5) is 50.4. The monoisotopic (exact) mass is 965 g/mol. The van der Waals surface area contributed by atoms with Crippen LogP contribution in [0.3, 0.4) is 0 Å². The van der Waals surface area contributed by atoms with Gasteiger partial charge in [-0.2, -0.15) is 10.0 Å². The number of rotatable bonds is 10. The SMILES string of the molecule is C.CC(=O)CC(C)(C)C.CC(=O)Cn1nnc(CC(C)(C)C)n1.CC(=O)Cn1nnnc1CC(C)(C)C.CC(C)(C)CP(=O)(O)O.CC(C)(C)CS(C)(=O)=O.CC(C)(C)Cc1nn[nH]n1. The van der Waals surface area contributed by atoms with Gasteiger partial charge in [-0.05, 0) is 68.9 Å². The Balaban J connectivity index is -0.000000348. The third-order valence-electron chi connectivity index (χ3n) is 6.45. The van der Waals surface area contributed by atoms with Crippen LogP contribution in [0.15, 0.2) is 0 Å². The fourth-order valence-electron chi connectivity index (χ4n) is 5.13. The van der Waals surface area contributed by atoms with Crippen LogP contribution in [0.2, 0.25) is 0 Å². The first-order valence-corrected chi connectivity index (χ1v) is 25.0. The molecule has 0 aromatic carbocycles.